The standard InChI is InChI=1S/C26H29ClN8O.C2HF3O2/c1-19(2)17-35(25-23(27)16-30-24(15-28)31-25)32-26(36)21-5-3-20(4-6-21)18-33-11-13-34(14-12-33)22-7-9-29-10-8-22;3-2(4,5)1(6)7/h3-10,16,19H,11-14,17-18H2,1-2H3,(H,32,36);(H,6,7). The van der Waals surface area contributed by atoms with Gasteiger partial charge in [0.1, 0.15) is 11.1 Å². The topological polar surface area (TPSA) is 139 Å². The Hall–Kier alpha value is -4.48. The lowest BCUT2D eigenvalue weighted by atomic mass is 10.1. The Morgan fingerprint density at radius 1 is 1.12 bits per heavy atom. The van der Waals surface area contributed by atoms with E-state index >= 15 is 0 Å². The number of carbonyl (C=O) groups excluding carboxylic acids is 1. The number of hydrogen-bond acceptors (Lipinski definition) is 9. The molecule has 15 heteroatoms. The Bertz CT molecular complexity index is 1410. The van der Waals surface area contributed by atoms with Gasteiger partial charge in [0.2, 0.25) is 5.82 Å². The molecule has 0 saturated carbocycles. The number of pyridine rings is 1. The number of carbonyl (C=O) groups is 2. The van der Waals surface area contributed by atoms with Crippen LogP contribution in [0, 0.1) is 17.2 Å². The lowest BCUT2D eigenvalue weighted by Gasteiger charge is -2.36. The average Bonchev–Trinajstić information content (AvgIpc) is 2.98. The van der Waals surface area contributed by atoms with E-state index in [0.29, 0.717) is 17.9 Å². The molecule has 0 unspecified atom stereocenters. The number of halogens is 4. The summed E-state index contributed by atoms with van der Waals surface area (Å²) in [5.74, 6) is -2.53. The van der Waals surface area contributed by atoms with Crippen molar-refractivity contribution in [1.29, 1.82) is 5.26 Å². The van der Waals surface area contributed by atoms with Gasteiger partial charge in [-0.05, 0) is 35.7 Å². The molecule has 228 valence electrons. The highest BCUT2D eigenvalue weighted by Gasteiger charge is 2.38. The van der Waals surface area contributed by atoms with E-state index in [9.17, 15) is 18.0 Å². The van der Waals surface area contributed by atoms with Crippen molar-refractivity contribution in [1.82, 2.24) is 25.3 Å². The first-order chi connectivity index (χ1) is 20.4. The van der Waals surface area contributed by atoms with Gasteiger partial charge in [0.05, 0.1) is 6.20 Å². The monoisotopic (exact) mass is 618 g/mol. The minimum atomic E-state index is -5.08. The summed E-state index contributed by atoms with van der Waals surface area (Å²) in [6.07, 6.45) is -0.0615. The first-order valence-corrected chi connectivity index (χ1v) is 13.5. The molecule has 1 fully saturated rings. The highest BCUT2D eigenvalue weighted by atomic mass is 35.5. The zero-order chi connectivity index (χ0) is 31.6. The number of rotatable bonds is 8. The first-order valence-electron chi connectivity index (χ1n) is 13.1. The second-order valence-electron chi connectivity index (χ2n) is 9.89. The summed E-state index contributed by atoms with van der Waals surface area (Å²) in [6, 6.07) is 13.6. The van der Waals surface area contributed by atoms with Gasteiger partial charge in [-0.25, -0.2) is 9.78 Å². The van der Waals surface area contributed by atoms with Crippen molar-refractivity contribution in [3.05, 3.63) is 77.0 Å². The molecule has 3 heterocycles. The van der Waals surface area contributed by atoms with Crippen LogP contribution in [-0.2, 0) is 11.3 Å². The van der Waals surface area contributed by atoms with E-state index in [2.05, 4.69) is 30.2 Å². The number of amides is 1. The van der Waals surface area contributed by atoms with Crippen LogP contribution in [-0.4, -0.2) is 75.7 Å². The zero-order valence-corrected chi connectivity index (χ0v) is 24.2. The predicted octanol–water partition coefficient (Wildman–Crippen LogP) is 4.16. The van der Waals surface area contributed by atoms with E-state index < -0.39 is 12.1 Å². The van der Waals surface area contributed by atoms with Crippen molar-refractivity contribution in [3.63, 3.8) is 0 Å². The highest BCUT2D eigenvalue weighted by molar-refractivity contribution is 6.32. The Kier molecular flexibility index (Phi) is 11.6. The van der Waals surface area contributed by atoms with Gasteiger partial charge in [0.15, 0.2) is 5.82 Å². The van der Waals surface area contributed by atoms with E-state index in [4.69, 9.17) is 26.8 Å². The van der Waals surface area contributed by atoms with E-state index in [1.165, 1.54) is 11.9 Å². The lowest BCUT2D eigenvalue weighted by molar-refractivity contribution is -0.192. The van der Waals surface area contributed by atoms with Crippen LogP contribution < -0.4 is 15.3 Å². The van der Waals surface area contributed by atoms with Crippen molar-refractivity contribution in [3.8, 4) is 6.07 Å². The van der Waals surface area contributed by atoms with Gasteiger partial charge in [-0.3, -0.25) is 25.1 Å². The number of hydrazine groups is 1. The van der Waals surface area contributed by atoms with Crippen LogP contribution in [0.1, 0.15) is 35.6 Å². The number of nitrogens with zero attached hydrogens (tertiary/aromatic N) is 7. The number of alkyl halides is 3. The number of benzene rings is 1. The van der Waals surface area contributed by atoms with Crippen LogP contribution in [0.2, 0.25) is 5.02 Å². The quantitative estimate of drug-likeness (QED) is 0.354. The minimum absolute atomic E-state index is 0.0108. The maximum absolute atomic E-state index is 13.0. The van der Waals surface area contributed by atoms with Crippen LogP contribution in [0.5, 0.6) is 0 Å². The molecular weight excluding hydrogens is 589 g/mol. The Labute approximate surface area is 251 Å². The number of carboxylic acid groups (broad SMARTS) is 1. The molecule has 2 N–H and O–H groups in total. The normalized spacial score (nSPS) is 13.5. The van der Waals surface area contributed by atoms with Gasteiger partial charge < -0.3 is 10.0 Å². The van der Waals surface area contributed by atoms with Gasteiger partial charge in [-0.15, -0.1) is 0 Å². The maximum Gasteiger partial charge on any atom is 0.490 e. The molecule has 0 aliphatic carbocycles. The highest BCUT2D eigenvalue weighted by Crippen LogP contribution is 2.23. The SMILES string of the molecule is CC(C)CN(NC(=O)c1ccc(CN2CCN(c3ccncc3)CC2)cc1)c1nc(C#N)ncc1Cl.O=C(O)C(F)(F)F. The number of carboxylic acids is 1. The van der Waals surface area contributed by atoms with Crippen molar-refractivity contribution >= 4 is 35.0 Å². The van der Waals surface area contributed by atoms with Gasteiger partial charge in [-0.2, -0.15) is 23.4 Å². The summed E-state index contributed by atoms with van der Waals surface area (Å²) in [4.78, 5) is 38.9. The summed E-state index contributed by atoms with van der Waals surface area (Å²) in [6.45, 7) is 9.22. The Morgan fingerprint density at radius 3 is 2.26 bits per heavy atom. The number of hydrogen-bond donors (Lipinski definition) is 2. The Balaban J connectivity index is 0.000000646. The Morgan fingerprint density at radius 2 is 1.72 bits per heavy atom. The molecule has 43 heavy (non-hydrogen) atoms. The molecule has 3 aromatic rings. The minimum Gasteiger partial charge on any atom is -0.475 e. The van der Waals surface area contributed by atoms with Gasteiger partial charge in [-0.1, -0.05) is 37.6 Å². The summed E-state index contributed by atoms with van der Waals surface area (Å²) >= 11 is 6.28. The fraction of sp³-hybridized carbons (Fsp3) is 0.357. The number of anilines is 2. The summed E-state index contributed by atoms with van der Waals surface area (Å²) < 4.78 is 31.7. The van der Waals surface area contributed by atoms with Crippen molar-refractivity contribution in [2.75, 3.05) is 42.6 Å². The van der Waals surface area contributed by atoms with Crippen LogP contribution in [0.25, 0.3) is 0 Å². The molecule has 2 aromatic heterocycles. The third kappa shape index (κ3) is 10.1. The van der Waals surface area contributed by atoms with Crippen LogP contribution in [0.3, 0.4) is 0 Å². The molecule has 1 amide bonds. The third-order valence-corrected chi connectivity index (χ3v) is 6.40. The molecule has 0 bridgehead atoms. The molecule has 1 aromatic carbocycles. The average molecular weight is 619 g/mol. The molecule has 0 radical (unpaired) electrons. The summed E-state index contributed by atoms with van der Waals surface area (Å²) in [5.41, 5.74) is 5.77. The van der Waals surface area contributed by atoms with E-state index in [-0.39, 0.29) is 22.7 Å². The molecule has 1 aliphatic rings. The summed E-state index contributed by atoms with van der Waals surface area (Å²) in [5, 5.41) is 18.1. The smallest absolute Gasteiger partial charge is 0.475 e. The van der Waals surface area contributed by atoms with Crippen LogP contribution in [0.15, 0.2) is 55.0 Å². The largest absolute Gasteiger partial charge is 0.490 e. The van der Waals surface area contributed by atoms with Crippen molar-refractivity contribution in [2.24, 2.45) is 5.92 Å². The molecule has 1 aliphatic heterocycles. The zero-order valence-electron chi connectivity index (χ0n) is 23.4. The second-order valence-corrected chi connectivity index (χ2v) is 10.3. The summed E-state index contributed by atoms with van der Waals surface area (Å²) in [7, 11) is 0. The maximum atomic E-state index is 13.0. The predicted molar refractivity (Wildman–Crippen MR) is 153 cm³/mol. The molecule has 1 saturated heterocycles. The molecule has 11 nitrogen and oxygen atoms in total. The van der Waals surface area contributed by atoms with Crippen LogP contribution >= 0.6 is 11.6 Å². The number of nitriles is 1. The van der Waals surface area contributed by atoms with Crippen LogP contribution in [0.4, 0.5) is 24.7 Å². The second kappa shape index (κ2) is 15.1. The fourth-order valence-corrected chi connectivity index (χ4v) is 4.27. The number of piperazine rings is 1. The van der Waals surface area contributed by atoms with Gasteiger partial charge >= 0.3 is 12.1 Å². The van der Waals surface area contributed by atoms with E-state index in [1.54, 1.807) is 5.01 Å². The fourth-order valence-electron chi connectivity index (χ4n) is 4.08. The molecule has 0 atom stereocenters. The first kappa shape index (κ1) is 33.0. The molecule has 0 spiro atoms. The van der Waals surface area contributed by atoms with Gasteiger partial charge in [0, 0.05) is 62.9 Å². The van der Waals surface area contributed by atoms with Crippen molar-refractivity contribution < 1.29 is 27.9 Å². The van der Waals surface area contributed by atoms with E-state index in [0.717, 1.165) is 38.3 Å². The molecule has 4 rings (SSSR count). The van der Waals surface area contributed by atoms with Gasteiger partial charge in [0.25, 0.3) is 5.91 Å². The number of aliphatic carboxylic acids is 1. The van der Waals surface area contributed by atoms with E-state index in [1.807, 2.05) is 68.7 Å². The third-order valence-electron chi connectivity index (χ3n) is 6.13. The van der Waals surface area contributed by atoms with Crippen molar-refractivity contribution in [2.45, 2.75) is 26.6 Å². The number of nitrogens with one attached hydrogen (secondary N) is 1. The number of aromatic nitrogens is 3. The molecular formula is C28H30ClF3N8O3. The lowest BCUT2D eigenvalue weighted by Crippen LogP contribution is -2.46.